The molecule has 0 spiro atoms. The Bertz CT molecular complexity index is 952. The van der Waals surface area contributed by atoms with Crippen LogP contribution >= 0.6 is 0 Å². The van der Waals surface area contributed by atoms with Crippen LogP contribution in [0, 0.1) is 0 Å². The van der Waals surface area contributed by atoms with E-state index in [-0.39, 0.29) is 0 Å². The third kappa shape index (κ3) is 5.33. The van der Waals surface area contributed by atoms with Crippen molar-refractivity contribution in [3.8, 4) is 0 Å². The highest BCUT2D eigenvalue weighted by Gasteiger charge is 2.26. The van der Waals surface area contributed by atoms with Crippen LogP contribution in [0.25, 0.3) is 0 Å². The molecule has 162 valence electrons. The zero-order valence-electron chi connectivity index (χ0n) is 18.4. The lowest BCUT2D eigenvalue weighted by molar-refractivity contribution is 0.524. The molecule has 1 aliphatic carbocycles. The SMILES string of the molecule is CCNN(c1nc(Nc2ccc(Cc3ccccc3)cc2)ncc1NC)C1CCCC1. The van der Waals surface area contributed by atoms with Crippen molar-refractivity contribution in [3.05, 3.63) is 71.9 Å². The van der Waals surface area contributed by atoms with Crippen molar-refractivity contribution in [2.75, 3.05) is 29.2 Å². The molecule has 2 aromatic carbocycles. The molecule has 1 fully saturated rings. The van der Waals surface area contributed by atoms with Gasteiger partial charge in [-0.05, 0) is 42.5 Å². The topological polar surface area (TPSA) is 65.1 Å². The van der Waals surface area contributed by atoms with Crippen LogP contribution in [0.3, 0.4) is 0 Å². The van der Waals surface area contributed by atoms with Crippen molar-refractivity contribution >= 4 is 23.1 Å². The fraction of sp³-hybridized carbons (Fsp3) is 0.360. The molecule has 3 N–H and O–H groups in total. The van der Waals surface area contributed by atoms with Gasteiger partial charge in [0.2, 0.25) is 5.95 Å². The monoisotopic (exact) mass is 416 g/mol. The molecule has 6 nitrogen and oxygen atoms in total. The summed E-state index contributed by atoms with van der Waals surface area (Å²) >= 11 is 0. The molecule has 4 rings (SSSR count). The molecule has 1 saturated carbocycles. The molecule has 0 amide bonds. The lowest BCUT2D eigenvalue weighted by Gasteiger charge is -2.31. The molecule has 0 unspecified atom stereocenters. The van der Waals surface area contributed by atoms with Crippen molar-refractivity contribution in [2.45, 2.75) is 45.1 Å². The molecule has 6 heteroatoms. The largest absolute Gasteiger partial charge is 0.384 e. The quantitative estimate of drug-likeness (QED) is 0.421. The van der Waals surface area contributed by atoms with Gasteiger partial charge >= 0.3 is 0 Å². The second-order valence-corrected chi connectivity index (χ2v) is 7.99. The summed E-state index contributed by atoms with van der Waals surface area (Å²) in [6.45, 7) is 2.98. The highest BCUT2D eigenvalue weighted by atomic mass is 15.5. The van der Waals surface area contributed by atoms with Gasteiger partial charge in [0, 0.05) is 25.3 Å². The van der Waals surface area contributed by atoms with Gasteiger partial charge < -0.3 is 10.6 Å². The van der Waals surface area contributed by atoms with Gasteiger partial charge in [0.15, 0.2) is 5.82 Å². The van der Waals surface area contributed by atoms with Gasteiger partial charge in [-0.15, -0.1) is 0 Å². The van der Waals surface area contributed by atoms with Crippen LogP contribution in [0.5, 0.6) is 0 Å². The van der Waals surface area contributed by atoms with E-state index in [1.165, 1.54) is 36.8 Å². The van der Waals surface area contributed by atoms with Crippen LogP contribution < -0.4 is 21.1 Å². The first-order valence-corrected chi connectivity index (χ1v) is 11.2. The molecule has 3 aromatic rings. The summed E-state index contributed by atoms with van der Waals surface area (Å²) < 4.78 is 0. The minimum Gasteiger partial charge on any atom is -0.384 e. The van der Waals surface area contributed by atoms with Crippen LogP contribution in [0.15, 0.2) is 60.8 Å². The first kappa shape index (κ1) is 21.1. The Hall–Kier alpha value is -3.12. The third-order valence-electron chi connectivity index (χ3n) is 5.75. The summed E-state index contributed by atoms with van der Waals surface area (Å²) in [5.74, 6) is 1.50. The molecule has 0 radical (unpaired) electrons. The first-order valence-electron chi connectivity index (χ1n) is 11.2. The van der Waals surface area contributed by atoms with E-state index in [4.69, 9.17) is 4.98 Å². The third-order valence-corrected chi connectivity index (χ3v) is 5.75. The predicted molar refractivity (Wildman–Crippen MR) is 129 cm³/mol. The molecule has 1 heterocycles. The van der Waals surface area contributed by atoms with Gasteiger partial charge in [0.25, 0.3) is 0 Å². The Kier molecular flexibility index (Phi) is 6.99. The van der Waals surface area contributed by atoms with Crippen molar-refractivity contribution in [1.29, 1.82) is 0 Å². The Morgan fingerprint density at radius 2 is 1.68 bits per heavy atom. The summed E-state index contributed by atoms with van der Waals surface area (Å²) in [4.78, 5) is 9.40. The van der Waals surface area contributed by atoms with E-state index in [2.05, 4.69) is 81.5 Å². The van der Waals surface area contributed by atoms with Crippen LogP contribution in [0.1, 0.15) is 43.7 Å². The highest BCUT2D eigenvalue weighted by molar-refractivity contribution is 5.67. The number of hydrogen-bond acceptors (Lipinski definition) is 6. The van der Waals surface area contributed by atoms with E-state index >= 15 is 0 Å². The summed E-state index contributed by atoms with van der Waals surface area (Å²) in [6.07, 6.45) is 7.70. The highest BCUT2D eigenvalue weighted by Crippen LogP contribution is 2.31. The average Bonchev–Trinajstić information content (AvgIpc) is 3.34. The van der Waals surface area contributed by atoms with Crippen LogP contribution in [0.4, 0.5) is 23.1 Å². The molecule has 31 heavy (non-hydrogen) atoms. The standard InChI is InChI=1S/C25H32N6/c1-3-28-31(22-11-7-8-12-22)24-23(26-2)18-27-25(30-24)29-21-15-13-20(14-16-21)17-19-9-5-4-6-10-19/h4-6,9-10,13-16,18,22,26,28H,3,7-8,11-12,17H2,1-2H3,(H,27,29,30). The maximum absolute atomic E-state index is 4.87. The number of hydrazine groups is 1. The minimum atomic E-state index is 0.465. The Balaban J connectivity index is 1.51. The summed E-state index contributed by atoms with van der Waals surface area (Å²) in [5.41, 5.74) is 8.02. The van der Waals surface area contributed by atoms with Crippen LogP contribution in [0.2, 0.25) is 0 Å². The van der Waals surface area contributed by atoms with Gasteiger partial charge in [0.1, 0.15) is 0 Å². The fourth-order valence-electron chi connectivity index (χ4n) is 4.17. The van der Waals surface area contributed by atoms with Crippen molar-refractivity contribution in [1.82, 2.24) is 15.4 Å². The Morgan fingerprint density at radius 3 is 2.35 bits per heavy atom. The summed E-state index contributed by atoms with van der Waals surface area (Å²) in [5, 5.41) is 8.85. The van der Waals surface area contributed by atoms with E-state index in [0.29, 0.717) is 12.0 Å². The van der Waals surface area contributed by atoms with Crippen molar-refractivity contribution in [3.63, 3.8) is 0 Å². The molecule has 1 aliphatic rings. The van der Waals surface area contributed by atoms with E-state index in [9.17, 15) is 0 Å². The van der Waals surface area contributed by atoms with Gasteiger partial charge in [-0.25, -0.2) is 10.4 Å². The second kappa shape index (κ2) is 10.3. The fourth-order valence-corrected chi connectivity index (χ4v) is 4.17. The normalized spacial score (nSPS) is 13.9. The first-order chi connectivity index (χ1) is 15.3. The molecule has 0 aliphatic heterocycles. The number of benzene rings is 2. The molecular weight excluding hydrogens is 384 g/mol. The molecule has 1 aromatic heterocycles. The van der Waals surface area contributed by atoms with Crippen molar-refractivity contribution in [2.24, 2.45) is 0 Å². The smallest absolute Gasteiger partial charge is 0.229 e. The zero-order chi connectivity index (χ0) is 21.5. The Labute approximate surface area is 185 Å². The van der Waals surface area contributed by atoms with Crippen LogP contribution in [-0.4, -0.2) is 29.6 Å². The number of hydrogen-bond donors (Lipinski definition) is 3. The molecule has 0 atom stereocenters. The van der Waals surface area contributed by atoms with Crippen LogP contribution in [-0.2, 0) is 6.42 Å². The number of nitrogens with one attached hydrogen (secondary N) is 3. The zero-order valence-corrected chi connectivity index (χ0v) is 18.4. The summed E-state index contributed by atoms with van der Waals surface area (Å²) in [7, 11) is 1.92. The van der Waals surface area contributed by atoms with E-state index < -0.39 is 0 Å². The lowest BCUT2D eigenvalue weighted by atomic mass is 10.0. The molecular formula is C25H32N6. The second-order valence-electron chi connectivity index (χ2n) is 7.99. The number of rotatable bonds is 9. The molecule has 0 saturated heterocycles. The summed E-state index contributed by atoms with van der Waals surface area (Å²) in [6, 6.07) is 19.5. The predicted octanol–water partition coefficient (Wildman–Crippen LogP) is 5.13. The lowest BCUT2D eigenvalue weighted by Crippen LogP contribution is -2.45. The van der Waals surface area contributed by atoms with Gasteiger partial charge in [-0.1, -0.05) is 62.2 Å². The average molecular weight is 417 g/mol. The van der Waals surface area contributed by atoms with Crippen molar-refractivity contribution < 1.29 is 0 Å². The van der Waals surface area contributed by atoms with Gasteiger partial charge in [0.05, 0.1) is 11.9 Å². The Morgan fingerprint density at radius 1 is 0.968 bits per heavy atom. The van der Waals surface area contributed by atoms with Gasteiger partial charge in [-0.3, -0.25) is 5.01 Å². The minimum absolute atomic E-state index is 0.465. The maximum atomic E-state index is 4.87. The van der Waals surface area contributed by atoms with Gasteiger partial charge in [-0.2, -0.15) is 4.98 Å². The maximum Gasteiger partial charge on any atom is 0.229 e. The molecule has 0 bridgehead atoms. The van der Waals surface area contributed by atoms with E-state index in [1.807, 2.05) is 19.3 Å². The number of nitrogens with zero attached hydrogens (tertiary/aromatic N) is 3. The van der Waals surface area contributed by atoms with E-state index in [0.717, 1.165) is 30.2 Å². The van der Waals surface area contributed by atoms with E-state index in [1.54, 1.807) is 0 Å². The number of aromatic nitrogens is 2. The number of anilines is 4.